The molecule has 3 aromatic rings. The fraction of sp³-hybridized carbons (Fsp3) is 0.278. The molecule has 1 aromatic carbocycles. The Morgan fingerprint density at radius 1 is 1.08 bits per heavy atom. The van der Waals surface area contributed by atoms with E-state index in [2.05, 4.69) is 16.3 Å². The van der Waals surface area contributed by atoms with Crippen LogP contribution in [0, 0.1) is 20.8 Å². The summed E-state index contributed by atoms with van der Waals surface area (Å²) in [5.74, 6) is 1.73. The summed E-state index contributed by atoms with van der Waals surface area (Å²) < 4.78 is 16.0. The maximum absolute atomic E-state index is 11.6. The van der Waals surface area contributed by atoms with Gasteiger partial charge in [0, 0.05) is 5.56 Å². The quantitative estimate of drug-likeness (QED) is 0.496. The topological polar surface area (TPSA) is 78.4 Å². The Labute approximate surface area is 149 Å². The van der Waals surface area contributed by atoms with Gasteiger partial charge in [0.2, 0.25) is 5.89 Å². The number of aryl methyl sites for hydroxylation is 3. The first kappa shape index (κ1) is 17.3. The van der Waals surface area contributed by atoms with Crippen LogP contribution in [0.5, 0.6) is 0 Å². The molecule has 0 aliphatic rings. The van der Waals surface area contributed by atoms with Crippen molar-refractivity contribution >= 4 is 17.7 Å². The normalized spacial score (nSPS) is 10.9. The maximum atomic E-state index is 11.6. The van der Waals surface area contributed by atoms with Gasteiger partial charge in [-0.05, 0) is 39.0 Å². The molecule has 0 N–H and O–H groups in total. The molecule has 0 radical (unpaired) electrons. The number of ether oxygens (including phenoxy) is 1. The highest BCUT2D eigenvalue weighted by Gasteiger charge is 2.16. The first-order valence-corrected chi connectivity index (χ1v) is 8.67. The first-order chi connectivity index (χ1) is 12.0. The predicted molar refractivity (Wildman–Crippen MR) is 93.6 cm³/mol. The average Bonchev–Trinajstić information content (AvgIpc) is 3.18. The number of methoxy groups -OCH3 is 1. The molecule has 0 atom stereocenters. The zero-order chi connectivity index (χ0) is 18.0. The number of esters is 1. The van der Waals surface area contributed by atoms with E-state index >= 15 is 0 Å². The van der Waals surface area contributed by atoms with Crippen LogP contribution in [0.25, 0.3) is 11.5 Å². The van der Waals surface area contributed by atoms with Gasteiger partial charge in [0.1, 0.15) is 17.1 Å². The third-order valence-electron chi connectivity index (χ3n) is 3.59. The van der Waals surface area contributed by atoms with Crippen LogP contribution in [0.3, 0.4) is 0 Å². The molecule has 0 amide bonds. The van der Waals surface area contributed by atoms with Crippen LogP contribution in [0.1, 0.15) is 33.0 Å². The summed E-state index contributed by atoms with van der Waals surface area (Å²) in [6, 6.07) is 7.78. The SMILES string of the molecule is COC(=O)c1cc(CSc2nnc(-c3cc(C)cc(C)c3)o2)oc1C. The number of hydrogen-bond donors (Lipinski definition) is 0. The van der Waals surface area contributed by atoms with E-state index in [9.17, 15) is 4.79 Å². The standard InChI is InChI=1S/C18H18N2O4S/c1-10-5-11(2)7-13(6-10)16-19-20-18(24-16)25-9-14-8-15(12(3)23-14)17(21)22-4/h5-8H,9H2,1-4H3. The van der Waals surface area contributed by atoms with E-state index in [1.54, 1.807) is 13.0 Å². The number of benzene rings is 1. The van der Waals surface area contributed by atoms with Gasteiger partial charge >= 0.3 is 5.97 Å². The van der Waals surface area contributed by atoms with Gasteiger partial charge in [0.25, 0.3) is 5.22 Å². The molecule has 2 aromatic heterocycles. The largest absolute Gasteiger partial charge is 0.465 e. The van der Waals surface area contributed by atoms with Gasteiger partial charge in [-0.15, -0.1) is 10.2 Å². The second-order valence-corrected chi connectivity index (χ2v) is 6.64. The van der Waals surface area contributed by atoms with E-state index in [0.29, 0.717) is 34.0 Å². The Bertz CT molecular complexity index is 893. The van der Waals surface area contributed by atoms with Crippen LogP contribution in [0.4, 0.5) is 0 Å². The van der Waals surface area contributed by atoms with Gasteiger partial charge in [-0.2, -0.15) is 0 Å². The maximum Gasteiger partial charge on any atom is 0.341 e. The molecule has 0 spiro atoms. The van der Waals surface area contributed by atoms with Gasteiger partial charge in [-0.1, -0.05) is 29.0 Å². The highest BCUT2D eigenvalue weighted by atomic mass is 32.2. The molecule has 7 heteroatoms. The van der Waals surface area contributed by atoms with Crippen molar-refractivity contribution < 1.29 is 18.4 Å². The first-order valence-electron chi connectivity index (χ1n) is 7.69. The third-order valence-corrected chi connectivity index (χ3v) is 4.43. The molecule has 0 aliphatic carbocycles. The van der Waals surface area contributed by atoms with Crippen molar-refractivity contribution in [3.05, 3.63) is 52.5 Å². The minimum absolute atomic E-state index is 0.410. The number of aromatic nitrogens is 2. The van der Waals surface area contributed by atoms with E-state index in [1.807, 2.05) is 26.0 Å². The Kier molecular flexibility index (Phi) is 4.94. The van der Waals surface area contributed by atoms with Gasteiger partial charge in [0.15, 0.2) is 0 Å². The Morgan fingerprint density at radius 2 is 1.80 bits per heavy atom. The molecule has 0 aliphatic heterocycles. The van der Waals surface area contributed by atoms with Gasteiger partial charge in [-0.3, -0.25) is 0 Å². The van der Waals surface area contributed by atoms with Gasteiger partial charge < -0.3 is 13.6 Å². The van der Waals surface area contributed by atoms with Crippen LogP contribution in [0.2, 0.25) is 0 Å². The molecular weight excluding hydrogens is 340 g/mol. The lowest BCUT2D eigenvalue weighted by atomic mass is 10.1. The minimum atomic E-state index is -0.410. The van der Waals surface area contributed by atoms with Crippen LogP contribution in [-0.2, 0) is 10.5 Å². The highest BCUT2D eigenvalue weighted by molar-refractivity contribution is 7.98. The van der Waals surface area contributed by atoms with E-state index in [0.717, 1.165) is 16.7 Å². The van der Waals surface area contributed by atoms with Crippen molar-refractivity contribution in [2.24, 2.45) is 0 Å². The molecule has 0 bridgehead atoms. The van der Waals surface area contributed by atoms with Crippen LogP contribution >= 0.6 is 11.8 Å². The molecule has 2 heterocycles. The van der Waals surface area contributed by atoms with Crippen molar-refractivity contribution in [3.63, 3.8) is 0 Å². The summed E-state index contributed by atoms with van der Waals surface area (Å²) >= 11 is 1.35. The third kappa shape index (κ3) is 3.93. The number of nitrogens with zero attached hydrogens (tertiary/aromatic N) is 2. The Hall–Kier alpha value is -2.54. The molecule has 0 saturated heterocycles. The molecule has 0 fully saturated rings. The number of hydrogen-bond acceptors (Lipinski definition) is 7. The van der Waals surface area contributed by atoms with E-state index in [4.69, 9.17) is 13.6 Å². The van der Waals surface area contributed by atoms with E-state index < -0.39 is 5.97 Å². The summed E-state index contributed by atoms with van der Waals surface area (Å²) in [5, 5.41) is 8.61. The molecule has 0 unspecified atom stereocenters. The smallest absolute Gasteiger partial charge is 0.341 e. The van der Waals surface area contributed by atoms with E-state index in [-0.39, 0.29) is 0 Å². The zero-order valence-electron chi connectivity index (χ0n) is 14.5. The average molecular weight is 358 g/mol. The fourth-order valence-corrected chi connectivity index (χ4v) is 3.19. The summed E-state index contributed by atoms with van der Waals surface area (Å²) in [6.45, 7) is 5.78. The second-order valence-electron chi connectivity index (χ2n) is 5.71. The summed E-state index contributed by atoms with van der Waals surface area (Å²) in [7, 11) is 1.34. The number of carbonyl (C=O) groups excluding carboxylic acids is 1. The number of thioether (sulfide) groups is 1. The Morgan fingerprint density at radius 3 is 2.48 bits per heavy atom. The molecule has 25 heavy (non-hydrogen) atoms. The second kappa shape index (κ2) is 7.14. The van der Waals surface area contributed by atoms with Crippen LogP contribution in [0.15, 0.2) is 38.3 Å². The molecule has 130 valence electrons. The summed E-state index contributed by atoms with van der Waals surface area (Å²) in [4.78, 5) is 11.6. The van der Waals surface area contributed by atoms with E-state index in [1.165, 1.54) is 18.9 Å². The molecule has 3 rings (SSSR count). The van der Waals surface area contributed by atoms with Crippen molar-refractivity contribution in [1.29, 1.82) is 0 Å². The molecule has 0 saturated carbocycles. The lowest BCUT2D eigenvalue weighted by Gasteiger charge is -2.00. The zero-order valence-corrected chi connectivity index (χ0v) is 15.3. The van der Waals surface area contributed by atoms with Crippen molar-refractivity contribution in [2.45, 2.75) is 31.7 Å². The molecular formula is C18H18N2O4S. The van der Waals surface area contributed by atoms with Crippen molar-refractivity contribution in [1.82, 2.24) is 10.2 Å². The number of rotatable bonds is 5. The van der Waals surface area contributed by atoms with Crippen LogP contribution in [-0.4, -0.2) is 23.3 Å². The highest BCUT2D eigenvalue weighted by Crippen LogP contribution is 2.28. The predicted octanol–water partition coefficient (Wildman–Crippen LogP) is 4.33. The number of furan rings is 1. The van der Waals surface area contributed by atoms with Gasteiger partial charge in [0.05, 0.1) is 12.9 Å². The van der Waals surface area contributed by atoms with Gasteiger partial charge in [-0.25, -0.2) is 4.79 Å². The molecule has 6 nitrogen and oxygen atoms in total. The minimum Gasteiger partial charge on any atom is -0.465 e. The Balaban J connectivity index is 1.71. The monoisotopic (exact) mass is 358 g/mol. The lowest BCUT2D eigenvalue weighted by molar-refractivity contribution is 0.0599. The summed E-state index contributed by atoms with van der Waals surface area (Å²) in [6.07, 6.45) is 0. The van der Waals surface area contributed by atoms with Crippen molar-refractivity contribution in [3.8, 4) is 11.5 Å². The lowest BCUT2D eigenvalue weighted by Crippen LogP contribution is -2.00. The van der Waals surface area contributed by atoms with Crippen LogP contribution < -0.4 is 0 Å². The summed E-state index contributed by atoms with van der Waals surface area (Å²) in [5.41, 5.74) is 3.62. The van der Waals surface area contributed by atoms with Crippen molar-refractivity contribution in [2.75, 3.05) is 7.11 Å². The number of carbonyl (C=O) groups is 1. The fourth-order valence-electron chi connectivity index (χ4n) is 2.54.